The molecule has 2 saturated heterocycles. The summed E-state index contributed by atoms with van der Waals surface area (Å²) in [6.07, 6.45) is 2.07. The number of amides is 2. The van der Waals surface area contributed by atoms with Gasteiger partial charge in [-0.15, -0.1) is 11.8 Å². The highest BCUT2D eigenvalue weighted by molar-refractivity contribution is 8.01. The van der Waals surface area contributed by atoms with Crippen LogP contribution in [-0.2, 0) is 36.9 Å². The molecule has 0 unspecified atom stereocenters. The standard InChI is InChI=1S/C28H28N2O6S/c1-34-18-11-9-17(10-12-18)15-36-28(33)23-21-19-8-5-13-35-24(19)25(21)37-27-22(26(32)30(23)27)29-20(31)14-16-6-3-2-4-7-16/h2-4,6-7,9-12,19,22,24-25,27H,5,8,13-15H2,1H3,(H,29,31)/t19-,22-,24-,25-,27-/m1/s1. The van der Waals surface area contributed by atoms with Gasteiger partial charge in [-0.2, -0.15) is 0 Å². The lowest BCUT2D eigenvalue weighted by Crippen LogP contribution is -2.73. The van der Waals surface area contributed by atoms with Crippen LogP contribution in [0.1, 0.15) is 24.0 Å². The number of benzene rings is 2. The van der Waals surface area contributed by atoms with Crippen molar-refractivity contribution in [2.24, 2.45) is 5.92 Å². The summed E-state index contributed by atoms with van der Waals surface area (Å²) in [4.78, 5) is 41.0. The van der Waals surface area contributed by atoms with E-state index in [0.29, 0.717) is 12.3 Å². The van der Waals surface area contributed by atoms with E-state index in [1.54, 1.807) is 18.9 Å². The maximum Gasteiger partial charge on any atom is 0.355 e. The van der Waals surface area contributed by atoms with Crippen molar-refractivity contribution in [3.63, 3.8) is 0 Å². The van der Waals surface area contributed by atoms with E-state index in [9.17, 15) is 14.4 Å². The molecule has 1 aliphatic carbocycles. The Hall–Kier alpha value is -3.30. The van der Waals surface area contributed by atoms with Crippen molar-refractivity contribution in [3.05, 3.63) is 77.0 Å². The molecule has 0 spiro atoms. The summed E-state index contributed by atoms with van der Waals surface area (Å²) >= 11 is 1.60. The summed E-state index contributed by atoms with van der Waals surface area (Å²) in [5, 5.41) is 2.51. The van der Waals surface area contributed by atoms with Gasteiger partial charge < -0.3 is 19.5 Å². The van der Waals surface area contributed by atoms with Crippen LogP contribution < -0.4 is 10.1 Å². The number of nitrogens with one attached hydrogen (secondary N) is 1. The average molecular weight is 521 g/mol. The van der Waals surface area contributed by atoms with Gasteiger partial charge in [-0.25, -0.2) is 4.79 Å². The molecule has 4 aliphatic rings. The quantitative estimate of drug-likeness (QED) is 0.443. The first-order valence-corrected chi connectivity index (χ1v) is 13.5. The molecular formula is C28H28N2O6S. The highest BCUT2D eigenvalue weighted by atomic mass is 32.2. The van der Waals surface area contributed by atoms with Crippen LogP contribution in [0.4, 0.5) is 0 Å². The summed E-state index contributed by atoms with van der Waals surface area (Å²) in [5.41, 5.74) is 2.99. The Morgan fingerprint density at radius 3 is 2.65 bits per heavy atom. The van der Waals surface area contributed by atoms with Crippen LogP contribution in [0.25, 0.3) is 0 Å². The lowest BCUT2D eigenvalue weighted by atomic mass is 9.70. The van der Waals surface area contributed by atoms with Crippen LogP contribution in [0.3, 0.4) is 0 Å². The highest BCUT2D eigenvalue weighted by Crippen LogP contribution is 2.57. The zero-order valence-corrected chi connectivity index (χ0v) is 21.2. The Morgan fingerprint density at radius 2 is 1.89 bits per heavy atom. The van der Waals surface area contributed by atoms with E-state index in [1.165, 1.54) is 4.90 Å². The predicted octanol–water partition coefficient (Wildman–Crippen LogP) is 2.81. The van der Waals surface area contributed by atoms with Gasteiger partial charge in [0, 0.05) is 12.5 Å². The second-order valence-electron chi connectivity index (χ2n) is 9.68. The lowest BCUT2D eigenvalue weighted by Gasteiger charge is -2.59. The van der Waals surface area contributed by atoms with Crippen LogP contribution >= 0.6 is 11.8 Å². The monoisotopic (exact) mass is 520 g/mol. The SMILES string of the molecule is COc1ccc(COC(=O)C2=C3[C@H]4CCCO[C@H]4[C@@H]3S[C@@H]3[C@H](NC(=O)Cc4ccccc4)C(=O)N23)cc1. The number of hydrogen-bond acceptors (Lipinski definition) is 7. The Bertz CT molecular complexity index is 1250. The van der Waals surface area contributed by atoms with E-state index < -0.39 is 12.0 Å². The van der Waals surface area contributed by atoms with Gasteiger partial charge in [0.15, 0.2) is 0 Å². The molecule has 0 radical (unpaired) electrons. The maximum atomic E-state index is 13.4. The van der Waals surface area contributed by atoms with Crippen LogP contribution in [0.5, 0.6) is 5.75 Å². The second-order valence-corrected chi connectivity index (χ2v) is 10.9. The Kier molecular flexibility index (Phi) is 6.42. The number of ether oxygens (including phenoxy) is 3. The first kappa shape index (κ1) is 24.1. The number of β-lactam (4-membered cyclic amide) rings is 1. The fourth-order valence-corrected chi connectivity index (χ4v) is 7.42. The van der Waals surface area contributed by atoms with Crippen molar-refractivity contribution >= 4 is 29.5 Å². The summed E-state index contributed by atoms with van der Waals surface area (Å²) in [6, 6.07) is 16.0. The fraction of sp³-hybridized carbons (Fsp3) is 0.393. The Balaban J connectivity index is 1.20. The number of rotatable bonds is 7. The molecule has 2 aromatic rings. The molecule has 6 rings (SSSR count). The number of carbonyl (C=O) groups excluding carboxylic acids is 3. The van der Waals surface area contributed by atoms with Gasteiger partial charge >= 0.3 is 5.97 Å². The number of methoxy groups -OCH3 is 1. The van der Waals surface area contributed by atoms with Crippen molar-refractivity contribution in [1.29, 1.82) is 0 Å². The second kappa shape index (κ2) is 9.87. The molecule has 8 nitrogen and oxygen atoms in total. The predicted molar refractivity (Wildman–Crippen MR) is 136 cm³/mol. The van der Waals surface area contributed by atoms with Crippen molar-refractivity contribution in [2.45, 2.75) is 48.6 Å². The van der Waals surface area contributed by atoms with Gasteiger partial charge in [0.25, 0.3) is 5.91 Å². The molecule has 192 valence electrons. The van der Waals surface area contributed by atoms with Crippen molar-refractivity contribution < 1.29 is 28.6 Å². The van der Waals surface area contributed by atoms with Crippen LogP contribution in [0, 0.1) is 5.92 Å². The first-order chi connectivity index (χ1) is 18.0. The first-order valence-electron chi connectivity index (χ1n) is 12.5. The normalized spacial score (nSPS) is 27.6. The summed E-state index contributed by atoms with van der Waals surface area (Å²) in [6.45, 7) is 0.791. The van der Waals surface area contributed by atoms with Crippen LogP contribution in [-0.4, -0.2) is 59.2 Å². The summed E-state index contributed by atoms with van der Waals surface area (Å²) in [5.74, 6) is -0.160. The van der Waals surface area contributed by atoms with Gasteiger partial charge in [-0.05, 0) is 41.7 Å². The highest BCUT2D eigenvalue weighted by Gasteiger charge is 2.63. The minimum absolute atomic E-state index is 0.0169. The molecule has 37 heavy (non-hydrogen) atoms. The number of nitrogens with zero attached hydrogens (tertiary/aromatic N) is 1. The molecule has 1 N–H and O–H groups in total. The smallest absolute Gasteiger partial charge is 0.355 e. The van der Waals surface area contributed by atoms with Crippen molar-refractivity contribution in [3.8, 4) is 5.75 Å². The molecule has 3 heterocycles. The fourth-order valence-electron chi connectivity index (χ4n) is 5.59. The third-order valence-corrected chi connectivity index (χ3v) is 9.04. The Labute approximate surface area is 219 Å². The van der Waals surface area contributed by atoms with Crippen molar-refractivity contribution in [2.75, 3.05) is 13.7 Å². The number of esters is 1. The third-order valence-electron chi connectivity index (χ3n) is 7.46. The van der Waals surface area contributed by atoms with E-state index in [0.717, 1.165) is 35.3 Å². The molecular weight excluding hydrogens is 492 g/mol. The van der Waals surface area contributed by atoms with Gasteiger partial charge in [0.1, 0.15) is 29.5 Å². The summed E-state index contributed by atoms with van der Waals surface area (Å²) in [7, 11) is 1.60. The molecule has 3 aliphatic heterocycles. The number of thioether (sulfide) groups is 1. The summed E-state index contributed by atoms with van der Waals surface area (Å²) < 4.78 is 16.9. The molecule has 3 fully saturated rings. The molecule has 1 saturated carbocycles. The number of fused-ring (bicyclic) bond motifs is 5. The molecule has 9 heteroatoms. The molecule has 0 aromatic heterocycles. The van der Waals surface area contributed by atoms with E-state index >= 15 is 0 Å². The van der Waals surface area contributed by atoms with E-state index in [2.05, 4.69) is 5.32 Å². The van der Waals surface area contributed by atoms with Crippen LogP contribution in [0.2, 0.25) is 0 Å². The van der Waals surface area contributed by atoms with Gasteiger partial charge in [-0.3, -0.25) is 14.5 Å². The largest absolute Gasteiger partial charge is 0.497 e. The van der Waals surface area contributed by atoms with E-state index in [1.807, 2.05) is 54.6 Å². The van der Waals surface area contributed by atoms with Gasteiger partial charge in [0.05, 0.1) is 24.9 Å². The average Bonchev–Trinajstić information content (AvgIpc) is 2.93. The lowest BCUT2D eigenvalue weighted by molar-refractivity contribution is -0.154. The molecule has 2 aromatic carbocycles. The molecule has 5 atom stereocenters. The van der Waals surface area contributed by atoms with Gasteiger partial charge in [0.2, 0.25) is 5.91 Å². The minimum atomic E-state index is -0.685. The zero-order valence-electron chi connectivity index (χ0n) is 20.4. The number of carbonyl (C=O) groups is 3. The van der Waals surface area contributed by atoms with Gasteiger partial charge in [-0.1, -0.05) is 42.5 Å². The zero-order chi connectivity index (χ0) is 25.5. The topological polar surface area (TPSA) is 94.2 Å². The Morgan fingerprint density at radius 1 is 1.11 bits per heavy atom. The maximum absolute atomic E-state index is 13.4. The van der Waals surface area contributed by atoms with E-state index in [4.69, 9.17) is 14.2 Å². The minimum Gasteiger partial charge on any atom is -0.497 e. The van der Waals surface area contributed by atoms with Crippen LogP contribution in [0.15, 0.2) is 65.9 Å². The van der Waals surface area contributed by atoms with Crippen molar-refractivity contribution in [1.82, 2.24) is 10.2 Å². The van der Waals surface area contributed by atoms with E-state index in [-0.39, 0.29) is 47.5 Å². The number of hydrogen-bond donors (Lipinski definition) is 1. The molecule has 2 amide bonds. The third kappa shape index (κ3) is 4.30. The molecule has 0 bridgehead atoms.